The number of rotatable bonds is 4. The molecule has 1 unspecified atom stereocenters. The zero-order valence-corrected chi connectivity index (χ0v) is 22.9. The number of nitrogens with two attached hydrogens (primary N) is 1. The van der Waals surface area contributed by atoms with Crippen LogP contribution in [-0.2, 0) is 16.0 Å². The van der Waals surface area contributed by atoms with Gasteiger partial charge >= 0.3 is 11.8 Å². The van der Waals surface area contributed by atoms with Crippen LogP contribution in [0.1, 0.15) is 68.4 Å². The predicted octanol–water partition coefficient (Wildman–Crippen LogP) is 4.09. The highest BCUT2D eigenvalue weighted by Crippen LogP contribution is 2.36. The van der Waals surface area contributed by atoms with Crippen molar-refractivity contribution >= 4 is 34.2 Å². The lowest BCUT2D eigenvalue weighted by atomic mass is 9.89. The molecule has 3 aromatic rings. The number of anilines is 2. The molecule has 4 heterocycles. The van der Waals surface area contributed by atoms with E-state index in [1.54, 1.807) is 11.0 Å². The first-order valence-corrected chi connectivity index (χ1v) is 13.8. The number of piperidine rings is 2. The van der Waals surface area contributed by atoms with E-state index in [4.69, 9.17) is 10.8 Å². The number of nitrogens with one attached hydrogen (secondary N) is 1. The molecule has 38 heavy (non-hydrogen) atoms. The second kappa shape index (κ2) is 10.7. The number of amides is 2. The summed E-state index contributed by atoms with van der Waals surface area (Å²) >= 11 is 0. The van der Waals surface area contributed by atoms with Crippen molar-refractivity contribution in [3.05, 3.63) is 47.3 Å². The van der Waals surface area contributed by atoms with Gasteiger partial charge in [0, 0.05) is 17.6 Å². The number of pyridine rings is 1. The Hall–Kier alpha value is -3.46. The summed E-state index contributed by atoms with van der Waals surface area (Å²) < 4.78 is 2.20. The molecule has 202 valence electrons. The number of aryl methyl sites for hydroxylation is 2. The minimum atomic E-state index is -0.652. The molecule has 0 spiro atoms. The van der Waals surface area contributed by atoms with Crippen LogP contribution in [0.5, 0.6) is 0 Å². The van der Waals surface area contributed by atoms with Crippen LogP contribution in [0.3, 0.4) is 0 Å². The number of fused-ring (bicyclic) bond motifs is 1. The van der Waals surface area contributed by atoms with Crippen LogP contribution in [0.15, 0.2) is 30.5 Å². The highest BCUT2D eigenvalue weighted by molar-refractivity contribution is 6.39. The van der Waals surface area contributed by atoms with Crippen molar-refractivity contribution in [2.24, 2.45) is 5.92 Å². The Labute approximate surface area is 224 Å². The molecule has 1 aromatic carbocycles. The lowest BCUT2D eigenvalue weighted by Gasteiger charge is -2.38. The number of nitrogen functional groups attached to an aromatic ring is 1. The SMILES string of the molecule is CCc1cc(NC(=O)C(=O)N2C[C@@H](C)CCC2c2ccc3c(C)n(C4CCN(C)CC4)nc3c2)cnc1N. The zero-order chi connectivity index (χ0) is 27.0. The maximum Gasteiger partial charge on any atom is 0.313 e. The van der Waals surface area contributed by atoms with Gasteiger partial charge in [-0.15, -0.1) is 0 Å². The average Bonchev–Trinajstić information content (AvgIpc) is 3.25. The summed E-state index contributed by atoms with van der Waals surface area (Å²) in [6.07, 6.45) is 6.19. The number of hydrogen-bond acceptors (Lipinski definition) is 6. The van der Waals surface area contributed by atoms with Crippen molar-refractivity contribution in [1.29, 1.82) is 0 Å². The van der Waals surface area contributed by atoms with Gasteiger partial charge in [0.05, 0.1) is 29.5 Å². The average molecular weight is 518 g/mol. The zero-order valence-electron chi connectivity index (χ0n) is 22.9. The van der Waals surface area contributed by atoms with E-state index in [2.05, 4.69) is 59.0 Å². The molecule has 2 amide bonds. The van der Waals surface area contributed by atoms with Gasteiger partial charge in [0.15, 0.2) is 0 Å². The summed E-state index contributed by atoms with van der Waals surface area (Å²) in [7, 11) is 2.17. The van der Waals surface area contributed by atoms with Crippen LogP contribution < -0.4 is 11.1 Å². The second-order valence-electron chi connectivity index (χ2n) is 11.1. The Morgan fingerprint density at radius 3 is 2.63 bits per heavy atom. The molecule has 2 aromatic heterocycles. The van der Waals surface area contributed by atoms with Crippen LogP contribution in [0, 0.1) is 12.8 Å². The number of carbonyl (C=O) groups excluding carboxylic acids is 2. The Kier molecular flexibility index (Phi) is 7.38. The lowest BCUT2D eigenvalue weighted by Crippen LogP contribution is -2.46. The van der Waals surface area contributed by atoms with E-state index in [0.29, 0.717) is 36.4 Å². The standard InChI is InChI=1S/C29H39N7O2/c1-5-20-14-22(16-31-27(20)30)32-28(37)29(38)35-17-18(2)6-9-26(35)21-7-8-24-19(3)36(33-25(24)15-21)23-10-12-34(4)13-11-23/h7-8,14-16,18,23,26H,5-6,9-13,17H2,1-4H3,(H2,30,31)(H,32,37)/t18-,26?/m0/s1. The van der Waals surface area contributed by atoms with E-state index < -0.39 is 11.8 Å². The fraction of sp³-hybridized carbons (Fsp3) is 0.517. The topological polar surface area (TPSA) is 109 Å². The fourth-order valence-electron chi connectivity index (χ4n) is 5.97. The van der Waals surface area contributed by atoms with E-state index in [1.807, 2.05) is 6.92 Å². The Bertz CT molecular complexity index is 1340. The number of aromatic nitrogens is 3. The highest BCUT2D eigenvalue weighted by Gasteiger charge is 2.34. The number of nitrogens with zero attached hydrogens (tertiary/aromatic N) is 5. The first-order chi connectivity index (χ1) is 18.2. The molecule has 2 fully saturated rings. The summed E-state index contributed by atoms with van der Waals surface area (Å²) in [6.45, 7) is 8.94. The molecule has 2 saturated heterocycles. The smallest absolute Gasteiger partial charge is 0.313 e. The van der Waals surface area contributed by atoms with Gasteiger partial charge in [0.2, 0.25) is 0 Å². The summed E-state index contributed by atoms with van der Waals surface area (Å²) in [4.78, 5) is 34.8. The first kappa shape index (κ1) is 26.2. The number of likely N-dealkylation sites (tertiary alicyclic amines) is 2. The number of carbonyl (C=O) groups is 2. The van der Waals surface area contributed by atoms with E-state index in [1.165, 1.54) is 11.9 Å². The Morgan fingerprint density at radius 1 is 1.13 bits per heavy atom. The van der Waals surface area contributed by atoms with E-state index in [0.717, 1.165) is 60.8 Å². The van der Waals surface area contributed by atoms with Crippen molar-refractivity contribution in [3.8, 4) is 0 Å². The molecule has 2 aliphatic heterocycles. The van der Waals surface area contributed by atoms with Crippen molar-refractivity contribution in [2.45, 2.75) is 65.0 Å². The molecule has 3 N–H and O–H groups in total. The Morgan fingerprint density at radius 2 is 1.89 bits per heavy atom. The molecule has 0 radical (unpaired) electrons. The van der Waals surface area contributed by atoms with Gasteiger partial charge in [-0.05, 0) is 88.3 Å². The lowest BCUT2D eigenvalue weighted by molar-refractivity contribution is -0.146. The maximum absolute atomic E-state index is 13.5. The molecule has 9 nitrogen and oxygen atoms in total. The van der Waals surface area contributed by atoms with Crippen molar-refractivity contribution in [2.75, 3.05) is 37.7 Å². The van der Waals surface area contributed by atoms with Crippen molar-refractivity contribution < 1.29 is 9.59 Å². The largest absolute Gasteiger partial charge is 0.383 e. The van der Waals surface area contributed by atoms with Crippen molar-refractivity contribution in [3.63, 3.8) is 0 Å². The summed E-state index contributed by atoms with van der Waals surface area (Å²) in [5.41, 5.74) is 10.4. The minimum absolute atomic E-state index is 0.168. The third-order valence-corrected chi connectivity index (χ3v) is 8.30. The van der Waals surface area contributed by atoms with Gasteiger partial charge in [0.1, 0.15) is 5.82 Å². The third kappa shape index (κ3) is 5.12. The molecule has 2 aliphatic rings. The minimum Gasteiger partial charge on any atom is -0.383 e. The second-order valence-corrected chi connectivity index (χ2v) is 11.1. The fourth-order valence-corrected chi connectivity index (χ4v) is 5.97. The van der Waals surface area contributed by atoms with E-state index >= 15 is 0 Å². The quantitative estimate of drug-likeness (QED) is 0.505. The molecular formula is C29H39N7O2. The molecule has 5 rings (SSSR count). The molecule has 0 aliphatic carbocycles. The van der Waals surface area contributed by atoms with Gasteiger partial charge in [-0.3, -0.25) is 14.3 Å². The molecular weight excluding hydrogens is 478 g/mol. The van der Waals surface area contributed by atoms with E-state index in [-0.39, 0.29) is 6.04 Å². The van der Waals surface area contributed by atoms with Gasteiger partial charge in [-0.2, -0.15) is 5.10 Å². The summed E-state index contributed by atoms with van der Waals surface area (Å²) in [5.74, 6) is -0.418. The summed E-state index contributed by atoms with van der Waals surface area (Å²) in [5, 5.41) is 8.90. The summed E-state index contributed by atoms with van der Waals surface area (Å²) in [6, 6.07) is 8.37. The number of benzene rings is 1. The highest BCUT2D eigenvalue weighted by atomic mass is 16.2. The normalized spacial score (nSPS) is 21.1. The van der Waals surface area contributed by atoms with Crippen LogP contribution in [0.4, 0.5) is 11.5 Å². The van der Waals surface area contributed by atoms with Gasteiger partial charge in [0.25, 0.3) is 0 Å². The van der Waals surface area contributed by atoms with Crippen LogP contribution in [0.25, 0.3) is 10.9 Å². The molecule has 0 saturated carbocycles. The molecule has 9 heteroatoms. The predicted molar refractivity (Wildman–Crippen MR) is 150 cm³/mol. The van der Waals surface area contributed by atoms with Gasteiger partial charge in [-0.25, -0.2) is 4.98 Å². The van der Waals surface area contributed by atoms with Crippen LogP contribution >= 0.6 is 0 Å². The van der Waals surface area contributed by atoms with Crippen molar-refractivity contribution in [1.82, 2.24) is 24.6 Å². The monoisotopic (exact) mass is 517 g/mol. The third-order valence-electron chi connectivity index (χ3n) is 8.30. The molecule has 2 atom stereocenters. The first-order valence-electron chi connectivity index (χ1n) is 13.8. The van der Waals surface area contributed by atoms with Crippen LogP contribution in [-0.4, -0.2) is 63.1 Å². The van der Waals surface area contributed by atoms with E-state index in [9.17, 15) is 9.59 Å². The Balaban J connectivity index is 1.38. The van der Waals surface area contributed by atoms with Crippen LogP contribution in [0.2, 0.25) is 0 Å². The number of hydrogen-bond donors (Lipinski definition) is 2. The van der Waals surface area contributed by atoms with Gasteiger partial charge < -0.3 is 20.9 Å². The maximum atomic E-state index is 13.5. The van der Waals surface area contributed by atoms with Gasteiger partial charge in [-0.1, -0.05) is 26.0 Å². The molecule has 0 bridgehead atoms.